The molecule has 6 aromatic rings. The Bertz CT molecular complexity index is 2930. The Hall–Kier alpha value is -9.26. The lowest BCUT2D eigenvalue weighted by Crippen LogP contribution is -2.49. The summed E-state index contributed by atoms with van der Waals surface area (Å²) in [6.07, 6.45) is 2.62. The van der Waals surface area contributed by atoms with Crippen LogP contribution < -0.4 is 26.4 Å². The van der Waals surface area contributed by atoms with Crippen molar-refractivity contribution in [2.45, 2.75) is 84.3 Å². The molecular formula is C58H61N5O14. The second kappa shape index (κ2) is 29.6. The van der Waals surface area contributed by atoms with Crippen LogP contribution in [0.3, 0.4) is 0 Å². The van der Waals surface area contributed by atoms with Crippen molar-refractivity contribution in [3.63, 3.8) is 0 Å². The third kappa shape index (κ3) is 17.4. The molecule has 0 radical (unpaired) electrons. The number of nitrogens with zero attached hydrogens (tertiary/aromatic N) is 1. The van der Waals surface area contributed by atoms with E-state index >= 15 is 0 Å². The number of hydroxylamine groups is 2. The van der Waals surface area contributed by atoms with Crippen LogP contribution in [0.25, 0.3) is 11.3 Å². The van der Waals surface area contributed by atoms with Gasteiger partial charge in [0.1, 0.15) is 37.4 Å². The Kier molecular flexibility index (Phi) is 21.9. The molecule has 6 rings (SSSR count). The quantitative estimate of drug-likeness (QED) is 0.00669. The lowest BCUT2D eigenvalue weighted by molar-refractivity contribution is -0.171. The van der Waals surface area contributed by atoms with Gasteiger partial charge >= 0.3 is 23.9 Å². The zero-order valence-electron chi connectivity index (χ0n) is 42.7. The molecule has 0 saturated carbocycles. The van der Waals surface area contributed by atoms with Crippen molar-refractivity contribution in [2.75, 3.05) is 19.0 Å². The smallest absolute Gasteiger partial charge is 0.365 e. The van der Waals surface area contributed by atoms with Gasteiger partial charge < -0.3 is 49.9 Å². The van der Waals surface area contributed by atoms with Crippen molar-refractivity contribution in [3.8, 4) is 17.1 Å². The first-order valence-corrected chi connectivity index (χ1v) is 25.0. The highest BCUT2D eigenvalue weighted by molar-refractivity contribution is 6.00. The van der Waals surface area contributed by atoms with E-state index in [9.17, 15) is 38.4 Å². The van der Waals surface area contributed by atoms with Crippen LogP contribution in [-0.4, -0.2) is 78.4 Å². The van der Waals surface area contributed by atoms with E-state index in [1.165, 1.54) is 42.5 Å². The van der Waals surface area contributed by atoms with E-state index in [1.54, 1.807) is 97.9 Å². The minimum absolute atomic E-state index is 0.0510. The fraction of sp³-hybridized carbons (Fsp3) is 0.276. The molecule has 0 fully saturated rings. The number of nitrogens with one attached hydrogen (secondary N) is 3. The summed E-state index contributed by atoms with van der Waals surface area (Å²) in [5, 5.41) is 8.70. The van der Waals surface area contributed by atoms with Crippen LogP contribution in [0.4, 0.5) is 5.69 Å². The maximum absolute atomic E-state index is 14.2. The minimum Gasteiger partial charge on any atom is -0.481 e. The van der Waals surface area contributed by atoms with Gasteiger partial charge in [0.15, 0.2) is 12.4 Å². The van der Waals surface area contributed by atoms with Crippen LogP contribution in [-0.2, 0) is 62.8 Å². The number of rotatable bonds is 29. The summed E-state index contributed by atoms with van der Waals surface area (Å²) in [5.41, 5.74) is 8.39. The van der Waals surface area contributed by atoms with Crippen molar-refractivity contribution in [3.05, 3.63) is 179 Å². The molecule has 1 aromatic heterocycles. The number of para-hydroxylation sites is 1. The predicted octanol–water partition coefficient (Wildman–Crippen LogP) is 7.64. The van der Waals surface area contributed by atoms with Crippen LogP contribution in [0, 0.1) is 5.92 Å². The summed E-state index contributed by atoms with van der Waals surface area (Å²) >= 11 is 0. The first-order valence-electron chi connectivity index (χ1n) is 25.0. The molecule has 0 saturated heterocycles. The lowest BCUT2D eigenvalue weighted by Gasteiger charge is -2.31. The summed E-state index contributed by atoms with van der Waals surface area (Å²) in [5.74, 6) is -6.46. The molecule has 77 heavy (non-hydrogen) atoms. The Labute approximate surface area is 445 Å². The number of amides is 4. The lowest BCUT2D eigenvalue weighted by atomic mass is 9.90. The fourth-order valence-corrected chi connectivity index (χ4v) is 7.92. The van der Waals surface area contributed by atoms with Crippen LogP contribution in [0.5, 0.6) is 5.75 Å². The van der Waals surface area contributed by atoms with Crippen molar-refractivity contribution in [2.24, 2.45) is 5.92 Å². The standard InChI is InChI=1S/C58H61N5O14/c1-3-5-9-25-44(48(4-2)63(38-64)77-57(70)43-24-16-17-26-46(43)59)54(67)60-37-61-56(69)50-30-29-49(76-50)42-27-28-45(51(31-42)72-36-53(66)74-34-40-20-12-7-13-21-40)55(68)62-47(58(71)75-35-41-22-14-8-15-23-41)32-52(65)73-33-39-18-10-6-11-19-39/h6-8,10-24,26-31,38,44,47-48H,3-5,9,25,32-37,59H2,1-2H3,(H,60,67)(H,61,69)(H,62,68)/t44?,47?,48-/m1/s1. The van der Waals surface area contributed by atoms with Gasteiger partial charge in [0, 0.05) is 11.3 Å². The second-order valence-corrected chi connectivity index (χ2v) is 17.5. The average Bonchev–Trinajstić information content (AvgIpc) is 3.96. The SMILES string of the molecule is CCCCCC(C(=O)NCNC(=O)c1ccc(-c2ccc(C(=O)NC(CC(=O)OCc3ccccc3)C(=O)OCc3ccccc3)c(OCC(=O)OCc3ccccc3)c2)o1)[C@@H](CC)N(C=O)OC(=O)c1ccccc1N. The number of benzene rings is 5. The van der Waals surface area contributed by atoms with Crippen LogP contribution in [0.2, 0.25) is 0 Å². The molecule has 19 nitrogen and oxygen atoms in total. The van der Waals surface area contributed by atoms with E-state index < -0.39 is 72.6 Å². The first kappa shape index (κ1) is 57.0. The van der Waals surface area contributed by atoms with Crippen molar-refractivity contribution in [1.29, 1.82) is 0 Å². The molecular weight excluding hydrogens is 991 g/mol. The molecule has 0 aliphatic rings. The normalized spacial score (nSPS) is 11.9. The molecule has 19 heteroatoms. The van der Waals surface area contributed by atoms with Crippen molar-refractivity contribution < 1.29 is 66.6 Å². The van der Waals surface area contributed by atoms with Gasteiger partial charge in [-0.1, -0.05) is 142 Å². The number of furan rings is 1. The average molecular weight is 1050 g/mol. The summed E-state index contributed by atoms with van der Waals surface area (Å²) in [7, 11) is 0. The summed E-state index contributed by atoms with van der Waals surface area (Å²) < 4.78 is 28.2. The Morgan fingerprint density at radius 2 is 1.27 bits per heavy atom. The summed E-state index contributed by atoms with van der Waals surface area (Å²) in [6, 6.07) is 37.6. The highest BCUT2D eigenvalue weighted by Gasteiger charge is 2.34. The Morgan fingerprint density at radius 3 is 1.88 bits per heavy atom. The molecule has 1 heterocycles. The Balaban J connectivity index is 1.16. The van der Waals surface area contributed by atoms with E-state index in [1.807, 2.05) is 19.1 Å². The largest absolute Gasteiger partial charge is 0.481 e. The van der Waals surface area contributed by atoms with Crippen LogP contribution in [0.1, 0.15) is 100 Å². The molecule has 4 amide bonds. The topological polar surface area (TPSA) is 261 Å². The van der Waals surface area contributed by atoms with Crippen LogP contribution >= 0.6 is 0 Å². The summed E-state index contributed by atoms with van der Waals surface area (Å²) in [6.45, 7) is 2.47. The highest BCUT2D eigenvalue weighted by Crippen LogP contribution is 2.30. The van der Waals surface area contributed by atoms with Crippen molar-refractivity contribution >= 4 is 53.7 Å². The van der Waals surface area contributed by atoms with Gasteiger partial charge in [0.25, 0.3) is 11.8 Å². The highest BCUT2D eigenvalue weighted by atomic mass is 16.7. The number of nitrogens with two attached hydrogens (primary N) is 1. The van der Waals surface area contributed by atoms with E-state index in [2.05, 4.69) is 16.0 Å². The molecule has 5 N–H and O–H groups in total. The fourth-order valence-electron chi connectivity index (χ4n) is 7.92. The number of unbranched alkanes of at least 4 members (excludes halogenated alkanes) is 2. The van der Waals surface area contributed by atoms with Gasteiger partial charge in [0.05, 0.1) is 36.2 Å². The molecule has 3 atom stereocenters. The Morgan fingerprint density at radius 1 is 0.662 bits per heavy atom. The molecule has 402 valence electrons. The zero-order chi connectivity index (χ0) is 54.9. The van der Waals surface area contributed by atoms with Gasteiger partial charge in [-0.15, -0.1) is 0 Å². The minimum atomic E-state index is -1.52. The van der Waals surface area contributed by atoms with E-state index in [0.29, 0.717) is 35.9 Å². The monoisotopic (exact) mass is 1050 g/mol. The number of hydrogen-bond acceptors (Lipinski definition) is 15. The number of hydrogen-bond donors (Lipinski definition) is 4. The second-order valence-electron chi connectivity index (χ2n) is 17.5. The number of ether oxygens (including phenoxy) is 4. The zero-order valence-corrected chi connectivity index (χ0v) is 42.7. The maximum atomic E-state index is 14.2. The third-order valence-corrected chi connectivity index (χ3v) is 12.0. The molecule has 0 bridgehead atoms. The van der Waals surface area contributed by atoms with Gasteiger partial charge in [0.2, 0.25) is 12.3 Å². The van der Waals surface area contributed by atoms with Gasteiger partial charge in [-0.05, 0) is 65.9 Å². The van der Waals surface area contributed by atoms with E-state index in [-0.39, 0.29) is 67.0 Å². The molecule has 5 aromatic carbocycles. The molecule has 0 aliphatic heterocycles. The number of nitrogen functional groups attached to an aromatic ring is 1. The maximum Gasteiger partial charge on any atom is 0.365 e. The van der Waals surface area contributed by atoms with Crippen LogP contribution in [0.15, 0.2) is 150 Å². The summed E-state index contributed by atoms with van der Waals surface area (Å²) in [4.78, 5) is 112. The van der Waals surface area contributed by atoms with E-state index in [0.717, 1.165) is 23.5 Å². The third-order valence-electron chi connectivity index (χ3n) is 12.0. The van der Waals surface area contributed by atoms with Gasteiger partial charge in [-0.2, -0.15) is 5.06 Å². The number of anilines is 1. The van der Waals surface area contributed by atoms with Gasteiger partial charge in [-0.3, -0.25) is 24.0 Å². The first-order chi connectivity index (χ1) is 37.4. The molecule has 0 spiro atoms. The molecule has 0 aliphatic carbocycles. The number of esters is 3. The van der Waals surface area contributed by atoms with Gasteiger partial charge in [-0.25, -0.2) is 14.4 Å². The number of carbonyl (C=O) groups is 8. The van der Waals surface area contributed by atoms with E-state index in [4.69, 9.17) is 33.9 Å². The predicted molar refractivity (Wildman–Crippen MR) is 281 cm³/mol. The van der Waals surface area contributed by atoms with Crippen molar-refractivity contribution in [1.82, 2.24) is 21.0 Å². The number of carbonyl (C=O) groups excluding carboxylic acids is 8. The molecule has 2 unspecified atom stereocenters.